The number of esters is 1. The van der Waals surface area contributed by atoms with Gasteiger partial charge in [-0.1, -0.05) is 19.1 Å². The van der Waals surface area contributed by atoms with Gasteiger partial charge >= 0.3 is 5.97 Å². The molecular formula is C17H21N3O3. The fraction of sp³-hybridized carbons (Fsp3) is 0.588. The van der Waals surface area contributed by atoms with E-state index in [1.165, 1.54) is 0 Å². The van der Waals surface area contributed by atoms with Crippen molar-refractivity contribution >= 4 is 17.0 Å². The van der Waals surface area contributed by atoms with Gasteiger partial charge < -0.3 is 9.47 Å². The van der Waals surface area contributed by atoms with Gasteiger partial charge in [-0.25, -0.2) is 9.48 Å². The molecule has 6 nitrogen and oxygen atoms in total. The van der Waals surface area contributed by atoms with Crippen molar-refractivity contribution in [3.05, 3.63) is 23.8 Å². The number of carbonyl (C=O) groups is 1. The van der Waals surface area contributed by atoms with Crippen molar-refractivity contribution in [2.75, 3.05) is 6.61 Å². The maximum atomic E-state index is 12.5. The highest BCUT2D eigenvalue weighted by Gasteiger charge is 2.60. The molecule has 0 bridgehead atoms. The molecule has 1 aliphatic heterocycles. The van der Waals surface area contributed by atoms with E-state index in [1.54, 1.807) is 16.8 Å². The van der Waals surface area contributed by atoms with Crippen LogP contribution in [0.4, 0.5) is 0 Å². The van der Waals surface area contributed by atoms with Gasteiger partial charge in [-0.3, -0.25) is 0 Å². The van der Waals surface area contributed by atoms with E-state index < -0.39 is 0 Å². The summed E-state index contributed by atoms with van der Waals surface area (Å²) in [4.78, 5) is 12.5. The lowest BCUT2D eigenvalue weighted by molar-refractivity contribution is -0.243. The third-order valence-electron chi connectivity index (χ3n) is 5.30. The fourth-order valence-electron chi connectivity index (χ4n) is 4.07. The van der Waals surface area contributed by atoms with Crippen LogP contribution in [0.2, 0.25) is 0 Å². The zero-order chi connectivity index (χ0) is 16.2. The van der Waals surface area contributed by atoms with Crippen LogP contribution < -0.4 is 0 Å². The van der Waals surface area contributed by atoms with Crippen LogP contribution in [0, 0.1) is 11.3 Å². The number of benzene rings is 1. The number of aryl methyl sites for hydroxylation is 1. The largest absolute Gasteiger partial charge is 0.458 e. The second-order valence-corrected chi connectivity index (χ2v) is 7.16. The predicted molar refractivity (Wildman–Crippen MR) is 84.0 cm³/mol. The highest BCUT2D eigenvalue weighted by molar-refractivity contribution is 5.93. The number of hydrogen-bond donors (Lipinski definition) is 0. The lowest BCUT2D eigenvalue weighted by atomic mass is 9.57. The Hall–Kier alpha value is -1.95. The van der Waals surface area contributed by atoms with Gasteiger partial charge in [-0.05, 0) is 31.0 Å². The lowest BCUT2D eigenvalue weighted by Gasteiger charge is -2.58. The van der Waals surface area contributed by atoms with Gasteiger partial charge in [0.2, 0.25) is 0 Å². The molecule has 1 aromatic carbocycles. The number of ether oxygens (including phenoxy) is 2. The van der Waals surface area contributed by atoms with Crippen molar-refractivity contribution in [2.45, 2.75) is 38.9 Å². The third kappa shape index (κ3) is 2.16. The second kappa shape index (κ2) is 5.03. The first kappa shape index (κ1) is 14.6. The van der Waals surface area contributed by atoms with Crippen molar-refractivity contribution < 1.29 is 14.3 Å². The third-order valence-corrected chi connectivity index (χ3v) is 5.30. The minimum absolute atomic E-state index is 0.0853. The number of hydrogen-bond acceptors (Lipinski definition) is 5. The number of carbonyl (C=O) groups excluding carboxylic acids is 1. The molecule has 2 aromatic rings. The van der Waals surface area contributed by atoms with Gasteiger partial charge in [0, 0.05) is 25.0 Å². The molecule has 1 aliphatic carbocycles. The van der Waals surface area contributed by atoms with E-state index in [-0.39, 0.29) is 23.6 Å². The van der Waals surface area contributed by atoms with Gasteiger partial charge in [-0.2, -0.15) is 0 Å². The van der Waals surface area contributed by atoms with Crippen LogP contribution in [0.25, 0.3) is 11.0 Å². The van der Waals surface area contributed by atoms with Crippen LogP contribution >= 0.6 is 0 Å². The molecule has 0 amide bonds. The molecule has 23 heavy (non-hydrogen) atoms. The molecule has 2 heterocycles. The van der Waals surface area contributed by atoms with Crippen molar-refractivity contribution in [3.63, 3.8) is 0 Å². The topological polar surface area (TPSA) is 66.2 Å². The molecule has 1 saturated heterocycles. The Bertz CT molecular complexity index is 768. The van der Waals surface area contributed by atoms with Crippen LogP contribution in [0.1, 0.15) is 37.0 Å². The molecule has 0 radical (unpaired) electrons. The van der Waals surface area contributed by atoms with Crippen LogP contribution in [0.3, 0.4) is 0 Å². The fourth-order valence-corrected chi connectivity index (χ4v) is 4.07. The van der Waals surface area contributed by atoms with E-state index in [2.05, 4.69) is 24.2 Å². The number of aromatic nitrogens is 3. The van der Waals surface area contributed by atoms with Gasteiger partial charge in [0.15, 0.2) is 0 Å². The summed E-state index contributed by atoms with van der Waals surface area (Å²) in [6, 6.07) is 5.37. The summed E-state index contributed by atoms with van der Waals surface area (Å²) in [7, 11) is 1.83. The summed E-state index contributed by atoms with van der Waals surface area (Å²) in [6.07, 6.45) is 2.22. The Labute approximate surface area is 134 Å². The maximum Gasteiger partial charge on any atom is 0.338 e. The van der Waals surface area contributed by atoms with Crippen molar-refractivity contribution in [2.24, 2.45) is 18.4 Å². The zero-order valence-electron chi connectivity index (χ0n) is 13.7. The number of fused-ring (bicyclic) bond motifs is 2. The van der Waals surface area contributed by atoms with Crippen LogP contribution in [-0.2, 0) is 16.5 Å². The Kier molecular flexibility index (Phi) is 3.20. The Morgan fingerprint density at radius 3 is 3.09 bits per heavy atom. The summed E-state index contributed by atoms with van der Waals surface area (Å²) in [5.74, 6) is 0.0302. The van der Waals surface area contributed by atoms with Crippen LogP contribution in [0.5, 0.6) is 0 Å². The molecule has 1 saturated carbocycles. The van der Waals surface area contributed by atoms with E-state index in [0.717, 1.165) is 25.0 Å². The van der Waals surface area contributed by atoms with Crippen LogP contribution in [-0.4, -0.2) is 39.8 Å². The Morgan fingerprint density at radius 1 is 1.43 bits per heavy atom. The monoisotopic (exact) mass is 315 g/mol. The van der Waals surface area contributed by atoms with E-state index in [4.69, 9.17) is 9.47 Å². The summed E-state index contributed by atoms with van der Waals surface area (Å²) in [5.41, 5.74) is 1.99. The van der Waals surface area contributed by atoms with Crippen LogP contribution in [0.15, 0.2) is 18.2 Å². The van der Waals surface area contributed by atoms with E-state index in [9.17, 15) is 4.79 Å². The van der Waals surface area contributed by atoms with Crippen molar-refractivity contribution in [1.29, 1.82) is 0 Å². The average Bonchev–Trinajstić information content (AvgIpc) is 2.93. The van der Waals surface area contributed by atoms with Crippen molar-refractivity contribution in [1.82, 2.24) is 15.0 Å². The van der Waals surface area contributed by atoms with E-state index in [1.807, 2.05) is 13.1 Å². The summed E-state index contributed by atoms with van der Waals surface area (Å²) >= 11 is 0. The molecule has 2 aliphatic rings. The van der Waals surface area contributed by atoms with E-state index >= 15 is 0 Å². The molecule has 0 N–H and O–H groups in total. The highest BCUT2D eigenvalue weighted by Crippen LogP contribution is 2.53. The normalized spacial score (nSPS) is 28.9. The molecule has 4 rings (SSSR count). The molecule has 122 valence electrons. The maximum absolute atomic E-state index is 12.5. The van der Waals surface area contributed by atoms with Gasteiger partial charge in [0.25, 0.3) is 0 Å². The SMILES string of the molecule is Cn1nnc2cc(C(=O)O[C@@H]3[C@H]4CCCO[C@@H]4C3(C)C)ccc21. The van der Waals surface area contributed by atoms with E-state index in [0.29, 0.717) is 17.0 Å². The van der Waals surface area contributed by atoms with Gasteiger partial charge in [0.1, 0.15) is 11.6 Å². The first-order chi connectivity index (χ1) is 11.0. The summed E-state index contributed by atoms with van der Waals surface area (Å²) in [6.45, 7) is 5.04. The highest BCUT2D eigenvalue weighted by atomic mass is 16.6. The van der Waals surface area contributed by atoms with Crippen molar-refractivity contribution in [3.8, 4) is 0 Å². The summed E-state index contributed by atoms with van der Waals surface area (Å²) < 4.78 is 13.4. The minimum Gasteiger partial charge on any atom is -0.458 e. The molecule has 3 atom stereocenters. The molecule has 0 unspecified atom stereocenters. The predicted octanol–water partition coefficient (Wildman–Crippen LogP) is 2.33. The average molecular weight is 315 g/mol. The smallest absolute Gasteiger partial charge is 0.338 e. The van der Waals surface area contributed by atoms with Gasteiger partial charge in [0.05, 0.1) is 17.2 Å². The minimum atomic E-state index is -0.292. The quantitative estimate of drug-likeness (QED) is 0.796. The first-order valence-electron chi connectivity index (χ1n) is 8.10. The number of rotatable bonds is 2. The zero-order valence-corrected chi connectivity index (χ0v) is 13.7. The molecule has 0 spiro atoms. The number of nitrogens with zero attached hydrogens (tertiary/aromatic N) is 3. The second-order valence-electron chi connectivity index (χ2n) is 7.16. The van der Waals surface area contributed by atoms with Gasteiger partial charge in [-0.15, -0.1) is 5.10 Å². The molecule has 1 aromatic heterocycles. The lowest BCUT2D eigenvalue weighted by Crippen LogP contribution is -2.65. The molecule has 6 heteroatoms. The summed E-state index contributed by atoms with van der Waals surface area (Å²) in [5, 5.41) is 8.01. The first-order valence-corrected chi connectivity index (χ1v) is 8.10. The Balaban J connectivity index is 1.54. The standard InChI is InChI=1S/C17H21N3O3/c1-17(2)14-11(5-4-8-22-14)15(17)23-16(21)10-6-7-13-12(9-10)18-19-20(13)3/h6-7,9,11,14-15H,4-5,8H2,1-3H3/t11-,14-,15+/m0/s1. The molecule has 2 fully saturated rings. The molecular weight excluding hydrogens is 294 g/mol. The Morgan fingerprint density at radius 2 is 2.26 bits per heavy atom.